The van der Waals surface area contributed by atoms with Crippen LogP contribution in [0.2, 0.25) is 0 Å². The Hall–Kier alpha value is -0.820. The standard InChI is InChI=1S/C11H16.H3N/c1-9(2)8-11-7-5-4-6-10(11)3;/h4-7,9H,8H2,1-3H3;1H3. The maximum Gasteiger partial charge on any atom is -0.0253 e. The monoisotopic (exact) mass is 165 g/mol. The van der Waals surface area contributed by atoms with E-state index in [-0.39, 0.29) is 6.15 Å². The van der Waals surface area contributed by atoms with Crippen LogP contribution in [0.25, 0.3) is 0 Å². The Kier molecular flexibility index (Phi) is 4.60. The second-order valence-corrected chi connectivity index (χ2v) is 3.52. The van der Waals surface area contributed by atoms with E-state index in [1.54, 1.807) is 0 Å². The Bertz CT molecular complexity index is 228. The summed E-state index contributed by atoms with van der Waals surface area (Å²) in [6, 6.07) is 8.61. The Morgan fingerprint density at radius 2 is 1.75 bits per heavy atom. The Morgan fingerprint density at radius 1 is 1.17 bits per heavy atom. The molecule has 1 heteroatoms. The summed E-state index contributed by atoms with van der Waals surface area (Å²) in [5.74, 6) is 0.760. The lowest BCUT2D eigenvalue weighted by atomic mass is 9.99. The molecule has 0 heterocycles. The van der Waals surface area contributed by atoms with Crippen molar-refractivity contribution in [1.82, 2.24) is 6.15 Å². The van der Waals surface area contributed by atoms with E-state index < -0.39 is 0 Å². The zero-order chi connectivity index (χ0) is 8.27. The van der Waals surface area contributed by atoms with Crippen molar-refractivity contribution in [3.8, 4) is 0 Å². The summed E-state index contributed by atoms with van der Waals surface area (Å²) in [7, 11) is 0. The van der Waals surface area contributed by atoms with Crippen LogP contribution in [0, 0.1) is 12.8 Å². The first-order chi connectivity index (χ1) is 5.20. The minimum absolute atomic E-state index is 0. The van der Waals surface area contributed by atoms with Crippen LogP contribution in [-0.2, 0) is 6.42 Å². The van der Waals surface area contributed by atoms with Gasteiger partial charge < -0.3 is 6.15 Å². The third-order valence-corrected chi connectivity index (χ3v) is 1.89. The molecule has 0 amide bonds. The van der Waals surface area contributed by atoms with Gasteiger partial charge in [-0.2, -0.15) is 0 Å². The highest BCUT2D eigenvalue weighted by Crippen LogP contribution is 2.11. The van der Waals surface area contributed by atoms with E-state index in [0.29, 0.717) is 0 Å². The highest BCUT2D eigenvalue weighted by molar-refractivity contribution is 5.25. The second-order valence-electron chi connectivity index (χ2n) is 3.52. The molecule has 1 aromatic carbocycles. The predicted molar refractivity (Wildman–Crippen MR) is 54.7 cm³/mol. The van der Waals surface area contributed by atoms with Gasteiger partial charge in [-0.1, -0.05) is 38.1 Å². The van der Waals surface area contributed by atoms with Gasteiger partial charge in [0, 0.05) is 0 Å². The van der Waals surface area contributed by atoms with E-state index in [0.717, 1.165) is 5.92 Å². The smallest absolute Gasteiger partial charge is 0.0253 e. The topological polar surface area (TPSA) is 35.0 Å². The first kappa shape index (κ1) is 11.2. The van der Waals surface area contributed by atoms with E-state index in [9.17, 15) is 0 Å². The van der Waals surface area contributed by atoms with Crippen LogP contribution in [-0.4, -0.2) is 0 Å². The average Bonchev–Trinajstić information content (AvgIpc) is 1.93. The molecule has 0 aromatic heterocycles. The third-order valence-electron chi connectivity index (χ3n) is 1.89. The molecule has 0 saturated heterocycles. The largest absolute Gasteiger partial charge is 0.344 e. The van der Waals surface area contributed by atoms with Gasteiger partial charge >= 0.3 is 0 Å². The first-order valence-corrected chi connectivity index (χ1v) is 4.24. The van der Waals surface area contributed by atoms with Gasteiger partial charge in [0.2, 0.25) is 0 Å². The van der Waals surface area contributed by atoms with Crippen LogP contribution in [0.4, 0.5) is 0 Å². The lowest BCUT2D eigenvalue weighted by Gasteiger charge is -2.07. The molecule has 0 spiro atoms. The lowest BCUT2D eigenvalue weighted by molar-refractivity contribution is 0.645. The molecule has 0 aliphatic carbocycles. The van der Waals surface area contributed by atoms with Crippen molar-refractivity contribution in [2.45, 2.75) is 27.2 Å². The van der Waals surface area contributed by atoms with E-state index in [1.165, 1.54) is 17.5 Å². The van der Waals surface area contributed by atoms with E-state index in [2.05, 4.69) is 45.0 Å². The lowest BCUT2D eigenvalue weighted by Crippen LogP contribution is -1.95. The van der Waals surface area contributed by atoms with Crippen molar-refractivity contribution in [3.05, 3.63) is 35.4 Å². The molecule has 1 rings (SSSR count). The molecule has 0 atom stereocenters. The average molecular weight is 165 g/mol. The molecule has 0 bridgehead atoms. The van der Waals surface area contributed by atoms with Crippen LogP contribution in [0.15, 0.2) is 24.3 Å². The molecular weight excluding hydrogens is 146 g/mol. The van der Waals surface area contributed by atoms with Crippen molar-refractivity contribution in [2.24, 2.45) is 5.92 Å². The SMILES string of the molecule is Cc1ccccc1CC(C)C.N. The van der Waals surface area contributed by atoms with Gasteiger partial charge in [-0.3, -0.25) is 0 Å². The summed E-state index contributed by atoms with van der Waals surface area (Å²) in [6.07, 6.45) is 1.20. The molecule has 0 aliphatic heterocycles. The van der Waals surface area contributed by atoms with Crippen molar-refractivity contribution >= 4 is 0 Å². The van der Waals surface area contributed by atoms with Crippen LogP contribution < -0.4 is 6.15 Å². The molecular formula is C11H19N. The summed E-state index contributed by atoms with van der Waals surface area (Å²) >= 11 is 0. The van der Waals surface area contributed by atoms with E-state index in [4.69, 9.17) is 0 Å². The van der Waals surface area contributed by atoms with Gasteiger partial charge in [-0.05, 0) is 30.4 Å². The van der Waals surface area contributed by atoms with Gasteiger partial charge in [0.25, 0.3) is 0 Å². The van der Waals surface area contributed by atoms with Crippen molar-refractivity contribution in [3.63, 3.8) is 0 Å². The Balaban J connectivity index is 0.00000121. The fourth-order valence-electron chi connectivity index (χ4n) is 1.28. The molecule has 12 heavy (non-hydrogen) atoms. The molecule has 0 unspecified atom stereocenters. The molecule has 0 aliphatic rings. The summed E-state index contributed by atoms with van der Waals surface area (Å²) < 4.78 is 0. The Labute approximate surface area is 75.4 Å². The van der Waals surface area contributed by atoms with Crippen molar-refractivity contribution in [1.29, 1.82) is 0 Å². The number of benzene rings is 1. The molecule has 0 fully saturated rings. The Morgan fingerprint density at radius 3 is 2.25 bits per heavy atom. The molecule has 1 aromatic rings. The number of hydrogen-bond acceptors (Lipinski definition) is 1. The van der Waals surface area contributed by atoms with Gasteiger partial charge in [0.05, 0.1) is 0 Å². The van der Waals surface area contributed by atoms with Crippen molar-refractivity contribution < 1.29 is 0 Å². The summed E-state index contributed by atoms with van der Waals surface area (Å²) in [6.45, 7) is 6.69. The van der Waals surface area contributed by atoms with E-state index in [1.807, 2.05) is 0 Å². The van der Waals surface area contributed by atoms with Crippen molar-refractivity contribution in [2.75, 3.05) is 0 Å². The number of aryl methyl sites for hydroxylation is 1. The van der Waals surface area contributed by atoms with Crippen LogP contribution >= 0.6 is 0 Å². The van der Waals surface area contributed by atoms with E-state index >= 15 is 0 Å². The molecule has 1 nitrogen and oxygen atoms in total. The molecule has 68 valence electrons. The van der Waals surface area contributed by atoms with Gasteiger partial charge in [0.1, 0.15) is 0 Å². The normalized spacial score (nSPS) is 9.67. The number of hydrogen-bond donors (Lipinski definition) is 1. The van der Waals surface area contributed by atoms with Crippen LogP contribution in [0.3, 0.4) is 0 Å². The summed E-state index contributed by atoms with van der Waals surface area (Å²) in [5, 5.41) is 0. The minimum Gasteiger partial charge on any atom is -0.344 e. The summed E-state index contributed by atoms with van der Waals surface area (Å²) in [4.78, 5) is 0. The minimum atomic E-state index is 0. The highest BCUT2D eigenvalue weighted by Gasteiger charge is 1.98. The number of rotatable bonds is 2. The maximum atomic E-state index is 2.26. The zero-order valence-corrected chi connectivity index (χ0v) is 8.30. The third kappa shape index (κ3) is 3.05. The zero-order valence-electron chi connectivity index (χ0n) is 8.30. The maximum absolute atomic E-state index is 2.26. The fraction of sp³-hybridized carbons (Fsp3) is 0.455. The summed E-state index contributed by atoms with van der Waals surface area (Å²) in [5.41, 5.74) is 2.91. The van der Waals surface area contributed by atoms with Gasteiger partial charge in [-0.25, -0.2) is 0 Å². The van der Waals surface area contributed by atoms with Gasteiger partial charge in [0.15, 0.2) is 0 Å². The van der Waals surface area contributed by atoms with Gasteiger partial charge in [-0.15, -0.1) is 0 Å². The van der Waals surface area contributed by atoms with Crippen LogP contribution in [0.1, 0.15) is 25.0 Å². The predicted octanol–water partition coefficient (Wildman–Crippen LogP) is 3.36. The van der Waals surface area contributed by atoms with Crippen LogP contribution in [0.5, 0.6) is 0 Å². The quantitative estimate of drug-likeness (QED) is 0.716. The molecule has 0 radical (unpaired) electrons. The second kappa shape index (κ2) is 4.94. The molecule has 0 saturated carbocycles. The fourth-order valence-corrected chi connectivity index (χ4v) is 1.28. The molecule has 3 N–H and O–H groups in total. The highest BCUT2D eigenvalue weighted by atomic mass is 14.0. The first-order valence-electron chi connectivity index (χ1n) is 4.24.